The number of aromatic nitrogens is 6. The average Bonchev–Trinajstić information content (AvgIpc) is 3.53. The maximum atomic E-state index is 14.9. The molecule has 6 rings (SSSR count). The first-order valence-electron chi connectivity index (χ1n) is 12.9. The lowest BCUT2D eigenvalue weighted by Gasteiger charge is -2.27. The van der Waals surface area contributed by atoms with E-state index in [1.54, 1.807) is 42.7 Å². The molecule has 5 aromatic rings. The molecule has 0 radical (unpaired) electrons. The molecule has 4 aromatic heterocycles. The third kappa shape index (κ3) is 4.90. The van der Waals surface area contributed by atoms with Gasteiger partial charge >= 0.3 is 5.76 Å². The fraction of sp³-hybridized carbons (Fsp3) is 0.276. The molecule has 0 spiro atoms. The maximum absolute atomic E-state index is 14.9. The van der Waals surface area contributed by atoms with E-state index in [2.05, 4.69) is 33.2 Å². The van der Waals surface area contributed by atoms with Crippen LogP contribution in [-0.2, 0) is 6.54 Å². The van der Waals surface area contributed by atoms with Crippen LogP contribution in [-0.4, -0.2) is 29.7 Å². The van der Waals surface area contributed by atoms with Gasteiger partial charge in [-0.1, -0.05) is 61.3 Å². The second-order valence-corrected chi connectivity index (χ2v) is 10.6. The molecule has 0 saturated heterocycles. The van der Waals surface area contributed by atoms with Crippen molar-refractivity contribution in [3.8, 4) is 22.8 Å². The van der Waals surface area contributed by atoms with E-state index in [1.165, 1.54) is 6.07 Å². The van der Waals surface area contributed by atoms with Crippen LogP contribution in [0.4, 0.5) is 4.39 Å². The Bertz CT molecular complexity index is 1750. The Morgan fingerprint density at radius 1 is 1.18 bits per heavy atom. The topological polar surface area (TPSA) is 102 Å². The van der Waals surface area contributed by atoms with Crippen LogP contribution in [0.1, 0.15) is 44.0 Å². The summed E-state index contributed by atoms with van der Waals surface area (Å²) in [7, 11) is 0. The van der Waals surface area contributed by atoms with Crippen LogP contribution >= 0.6 is 11.6 Å². The summed E-state index contributed by atoms with van der Waals surface area (Å²) in [6.45, 7) is 7.23. The van der Waals surface area contributed by atoms with Gasteiger partial charge in [0.05, 0.1) is 21.7 Å². The Balaban J connectivity index is 1.61. The number of aromatic amines is 1. The molecule has 0 bridgehead atoms. The molecule has 1 saturated carbocycles. The molecule has 10 heteroatoms. The van der Waals surface area contributed by atoms with Crippen LogP contribution in [0.25, 0.3) is 39.4 Å². The Morgan fingerprint density at radius 2 is 1.97 bits per heavy atom. The van der Waals surface area contributed by atoms with E-state index >= 15 is 0 Å². The number of nitrogens with zero attached hydrogens (tertiary/aromatic N) is 5. The summed E-state index contributed by atoms with van der Waals surface area (Å²) in [5.74, 6) is 0.786. The van der Waals surface area contributed by atoms with E-state index in [1.807, 2.05) is 0 Å². The highest BCUT2D eigenvalue weighted by Gasteiger charge is 2.26. The number of halogens is 2. The van der Waals surface area contributed by atoms with Crippen LogP contribution < -0.4 is 5.76 Å². The number of imidazole rings is 1. The molecule has 0 atom stereocenters. The van der Waals surface area contributed by atoms with Crippen molar-refractivity contribution >= 4 is 28.2 Å². The van der Waals surface area contributed by atoms with E-state index in [9.17, 15) is 9.18 Å². The molecule has 1 aliphatic rings. The zero-order chi connectivity index (χ0) is 27.1. The highest BCUT2D eigenvalue weighted by molar-refractivity contribution is 6.30. The summed E-state index contributed by atoms with van der Waals surface area (Å²) in [6, 6.07) is 10.1. The van der Waals surface area contributed by atoms with E-state index in [0.717, 1.165) is 31.2 Å². The molecule has 1 aliphatic carbocycles. The average molecular weight is 545 g/mol. The van der Waals surface area contributed by atoms with Crippen molar-refractivity contribution in [3.05, 3.63) is 88.1 Å². The van der Waals surface area contributed by atoms with Gasteiger partial charge in [0, 0.05) is 35.6 Å². The van der Waals surface area contributed by atoms with E-state index < -0.39 is 5.76 Å². The van der Waals surface area contributed by atoms with Crippen molar-refractivity contribution in [1.29, 1.82) is 0 Å². The molecular formula is C29H26ClFN6O2. The van der Waals surface area contributed by atoms with Gasteiger partial charge in [-0.2, -0.15) is 0 Å². The van der Waals surface area contributed by atoms with Gasteiger partial charge in [-0.15, -0.1) is 0 Å². The first-order valence-corrected chi connectivity index (χ1v) is 13.3. The van der Waals surface area contributed by atoms with Crippen LogP contribution in [0.5, 0.6) is 0 Å². The zero-order valence-electron chi connectivity index (χ0n) is 21.3. The van der Waals surface area contributed by atoms with Crippen molar-refractivity contribution in [2.75, 3.05) is 0 Å². The van der Waals surface area contributed by atoms with E-state index in [0.29, 0.717) is 62.8 Å². The summed E-state index contributed by atoms with van der Waals surface area (Å²) in [5, 5.41) is 4.27. The number of benzene rings is 1. The van der Waals surface area contributed by atoms with Gasteiger partial charge in [-0.3, -0.25) is 14.5 Å². The smallest absolute Gasteiger partial charge is 0.322 e. The first kappa shape index (κ1) is 25.2. The fourth-order valence-corrected chi connectivity index (χ4v) is 5.54. The summed E-state index contributed by atoms with van der Waals surface area (Å²) in [6.07, 6.45) is 7.72. The molecule has 1 fully saturated rings. The fourth-order valence-electron chi connectivity index (χ4n) is 5.37. The standard InChI is InChI=1S/C29H26ClFN6O2/c1-16-7-9-18(10-8-16)15-37-26-23(34-28(37)17(2)21-5-3-4-6-22(21)31)12-24(27-35-29(38)39-36-27)33-25(26)19-11-20(30)14-32-13-19/h3-6,11-14,16,18H,2,7-10,15H2,1H3,(H,35,36,38)/t16-,18-. The third-order valence-corrected chi connectivity index (χ3v) is 7.64. The lowest BCUT2D eigenvalue weighted by Crippen LogP contribution is -2.19. The normalized spacial score (nSPS) is 17.5. The summed E-state index contributed by atoms with van der Waals surface area (Å²) >= 11 is 6.32. The van der Waals surface area contributed by atoms with Crippen LogP contribution in [0.15, 0.2) is 64.7 Å². The Morgan fingerprint density at radius 3 is 2.69 bits per heavy atom. The van der Waals surface area contributed by atoms with Gasteiger partial charge in [0.25, 0.3) is 0 Å². The third-order valence-electron chi connectivity index (χ3n) is 7.43. The van der Waals surface area contributed by atoms with Crippen LogP contribution in [0.2, 0.25) is 5.02 Å². The summed E-state index contributed by atoms with van der Waals surface area (Å²) in [5.41, 5.74) is 3.79. The van der Waals surface area contributed by atoms with Gasteiger partial charge in [0.2, 0.25) is 5.82 Å². The van der Waals surface area contributed by atoms with Crippen molar-refractivity contribution in [3.63, 3.8) is 0 Å². The number of H-pyrrole nitrogens is 1. The molecule has 0 unspecified atom stereocenters. The van der Waals surface area contributed by atoms with Gasteiger partial charge in [0.1, 0.15) is 17.3 Å². The number of fused-ring (bicyclic) bond motifs is 1. The van der Waals surface area contributed by atoms with Crippen molar-refractivity contribution < 1.29 is 8.91 Å². The Hall–Kier alpha value is -4.11. The largest absolute Gasteiger partial charge is 0.439 e. The number of hydrogen-bond acceptors (Lipinski definition) is 6. The SMILES string of the molecule is C=C(c1ccccc1F)c1nc2cc(-c3noc(=O)[nH]3)nc(-c3cncc(Cl)c3)c2n1C[C@H]1CC[C@H](C)CC1. The van der Waals surface area contributed by atoms with Crippen LogP contribution in [0.3, 0.4) is 0 Å². The zero-order valence-corrected chi connectivity index (χ0v) is 22.1. The molecule has 198 valence electrons. The monoisotopic (exact) mass is 544 g/mol. The molecular weight excluding hydrogens is 519 g/mol. The van der Waals surface area contributed by atoms with Crippen LogP contribution in [0, 0.1) is 17.7 Å². The van der Waals surface area contributed by atoms with Gasteiger partial charge in [0.15, 0.2) is 0 Å². The van der Waals surface area contributed by atoms with Gasteiger partial charge < -0.3 is 4.57 Å². The van der Waals surface area contributed by atoms with Crippen molar-refractivity contribution in [2.45, 2.75) is 39.2 Å². The number of hydrogen-bond donors (Lipinski definition) is 1. The second kappa shape index (κ2) is 10.2. The summed E-state index contributed by atoms with van der Waals surface area (Å²) in [4.78, 5) is 28.4. The predicted molar refractivity (Wildman–Crippen MR) is 148 cm³/mol. The minimum absolute atomic E-state index is 0.170. The minimum Gasteiger partial charge on any atom is -0.322 e. The number of rotatable bonds is 6. The van der Waals surface area contributed by atoms with Gasteiger partial charge in [-0.25, -0.2) is 19.2 Å². The van der Waals surface area contributed by atoms with E-state index in [-0.39, 0.29) is 11.6 Å². The van der Waals surface area contributed by atoms with E-state index in [4.69, 9.17) is 26.1 Å². The van der Waals surface area contributed by atoms with Crippen molar-refractivity contribution in [2.24, 2.45) is 11.8 Å². The second-order valence-electron chi connectivity index (χ2n) is 10.2. The highest BCUT2D eigenvalue weighted by atomic mass is 35.5. The predicted octanol–water partition coefficient (Wildman–Crippen LogP) is 6.52. The molecule has 4 heterocycles. The molecule has 1 N–H and O–H groups in total. The number of nitrogens with one attached hydrogen (secondary N) is 1. The first-order chi connectivity index (χ1) is 18.9. The molecule has 8 nitrogen and oxygen atoms in total. The highest BCUT2D eigenvalue weighted by Crippen LogP contribution is 2.37. The summed E-state index contributed by atoms with van der Waals surface area (Å²) < 4.78 is 21.7. The quantitative estimate of drug-likeness (QED) is 0.261. The Kier molecular flexibility index (Phi) is 6.60. The molecule has 39 heavy (non-hydrogen) atoms. The molecule has 1 aromatic carbocycles. The Labute approximate surface area is 228 Å². The van der Waals surface area contributed by atoms with Gasteiger partial charge in [-0.05, 0) is 42.9 Å². The lowest BCUT2D eigenvalue weighted by atomic mass is 9.83. The minimum atomic E-state index is -0.691. The lowest BCUT2D eigenvalue weighted by molar-refractivity contribution is 0.266. The maximum Gasteiger partial charge on any atom is 0.439 e. The number of pyridine rings is 2. The molecule has 0 aliphatic heterocycles. The van der Waals surface area contributed by atoms with Crippen molar-refractivity contribution in [1.82, 2.24) is 29.7 Å². The molecule has 0 amide bonds.